The van der Waals surface area contributed by atoms with Crippen LogP contribution in [0.1, 0.15) is 72.1 Å². The topological polar surface area (TPSA) is 151 Å². The molecule has 2 bridgehead atoms. The molecule has 2 amide bonds. The van der Waals surface area contributed by atoms with Crippen LogP contribution in [0.5, 0.6) is 0 Å². The number of piperidine rings is 1. The van der Waals surface area contributed by atoms with Gasteiger partial charge in [-0.25, -0.2) is 4.98 Å². The summed E-state index contributed by atoms with van der Waals surface area (Å²) in [4.78, 5) is 53.3. The van der Waals surface area contributed by atoms with Gasteiger partial charge in [0.25, 0.3) is 5.91 Å². The number of carbonyl (C=O) groups excluding carboxylic acids is 3. The van der Waals surface area contributed by atoms with Gasteiger partial charge in [-0.15, -0.1) is 10.2 Å². The standard InChI is InChI=1S/C31H29N9O3/c1-17(41)26-27(21-12-22-9-10-23(13-21)39(22)31(43)28-33-16-34-38-28)37-29-24(15-35-40(29)30(26)36-18(2)42)20-8-11-25(32-14-20)19-6-4-3-5-7-19/h3-8,11,14-16,21-23H,9-10,12-13H2,1-2H3,(H,36,42)(H,33,34,38)/t21-,22-,23+. The summed E-state index contributed by atoms with van der Waals surface area (Å²) in [5.74, 6) is -0.280. The van der Waals surface area contributed by atoms with Gasteiger partial charge in [0.15, 0.2) is 11.4 Å². The lowest BCUT2D eigenvalue weighted by Crippen LogP contribution is -2.46. The largest absolute Gasteiger partial charge is 0.330 e. The lowest BCUT2D eigenvalue weighted by molar-refractivity contribution is -0.114. The monoisotopic (exact) mass is 575 g/mol. The van der Waals surface area contributed by atoms with Crippen molar-refractivity contribution < 1.29 is 14.4 Å². The summed E-state index contributed by atoms with van der Waals surface area (Å²) in [6.07, 6.45) is 7.85. The second-order valence-electron chi connectivity index (χ2n) is 11.2. The van der Waals surface area contributed by atoms with Gasteiger partial charge >= 0.3 is 0 Å². The van der Waals surface area contributed by atoms with Crippen molar-refractivity contribution in [1.29, 1.82) is 0 Å². The number of rotatable bonds is 6. The first-order valence-corrected chi connectivity index (χ1v) is 14.3. The molecule has 2 N–H and O–H groups in total. The highest BCUT2D eigenvalue weighted by Gasteiger charge is 2.46. The quantitative estimate of drug-likeness (QED) is 0.285. The molecule has 0 aliphatic carbocycles. The maximum atomic E-state index is 13.2. The summed E-state index contributed by atoms with van der Waals surface area (Å²) in [6.45, 7) is 2.88. The van der Waals surface area contributed by atoms with Crippen LogP contribution in [0.25, 0.3) is 28.0 Å². The normalized spacial score (nSPS) is 19.5. The van der Waals surface area contributed by atoms with Crippen molar-refractivity contribution in [2.75, 3.05) is 5.32 Å². The van der Waals surface area contributed by atoms with E-state index in [0.29, 0.717) is 35.6 Å². The van der Waals surface area contributed by atoms with Gasteiger partial charge < -0.3 is 15.2 Å². The third kappa shape index (κ3) is 4.64. The molecule has 216 valence electrons. The lowest BCUT2D eigenvalue weighted by Gasteiger charge is -2.38. The van der Waals surface area contributed by atoms with Crippen LogP contribution in [0.3, 0.4) is 0 Å². The number of H-pyrrole nitrogens is 1. The molecule has 0 saturated carbocycles. The van der Waals surface area contributed by atoms with Gasteiger partial charge in [-0.3, -0.25) is 19.4 Å². The summed E-state index contributed by atoms with van der Waals surface area (Å²) in [7, 11) is 0. The zero-order valence-electron chi connectivity index (χ0n) is 23.7. The Hall–Kier alpha value is -5.26. The maximum Gasteiger partial charge on any atom is 0.292 e. The zero-order chi connectivity index (χ0) is 29.7. The van der Waals surface area contributed by atoms with E-state index in [2.05, 4.69) is 30.6 Å². The summed E-state index contributed by atoms with van der Waals surface area (Å²) in [5.41, 5.74) is 4.87. The summed E-state index contributed by atoms with van der Waals surface area (Å²) < 4.78 is 1.53. The fourth-order valence-electron chi connectivity index (χ4n) is 6.64. The average Bonchev–Trinajstić information content (AvgIpc) is 3.75. The molecule has 2 aliphatic rings. The number of Topliss-reactive ketones (excluding diaryl/α,β-unsaturated/α-hetero) is 1. The Morgan fingerprint density at radius 1 is 0.953 bits per heavy atom. The van der Waals surface area contributed by atoms with E-state index in [1.807, 2.05) is 47.4 Å². The van der Waals surface area contributed by atoms with Gasteiger partial charge in [0.1, 0.15) is 12.1 Å². The highest BCUT2D eigenvalue weighted by molar-refractivity contribution is 6.04. The molecule has 1 aromatic carbocycles. The molecule has 3 atom stereocenters. The number of hydrogen-bond acceptors (Lipinski definition) is 8. The smallest absolute Gasteiger partial charge is 0.292 e. The third-order valence-corrected chi connectivity index (χ3v) is 8.44. The fourth-order valence-corrected chi connectivity index (χ4v) is 6.64. The highest BCUT2D eigenvalue weighted by atomic mass is 16.2. The first-order chi connectivity index (χ1) is 20.9. The molecule has 0 radical (unpaired) electrons. The molecule has 6 heterocycles. The van der Waals surface area contributed by atoms with Crippen LogP contribution < -0.4 is 5.32 Å². The molecule has 2 aliphatic heterocycles. The Labute approximate surface area is 246 Å². The number of pyridine rings is 1. The van der Waals surface area contributed by atoms with Crippen LogP contribution in [-0.2, 0) is 4.79 Å². The number of aromatic amines is 1. The molecule has 7 rings (SSSR count). The molecule has 4 aromatic heterocycles. The SMILES string of the molecule is CC(=O)Nc1c(C(C)=O)c([C@@H]2C[C@H]3CC[C@@H](C2)N3C(=O)c2nnc[nH]2)nc2c(-c3ccc(-c4ccccc4)nc3)cnn12. The van der Waals surface area contributed by atoms with E-state index in [0.717, 1.165) is 35.2 Å². The van der Waals surface area contributed by atoms with Gasteiger partial charge in [-0.05, 0) is 38.7 Å². The molecule has 43 heavy (non-hydrogen) atoms. The number of amides is 2. The second kappa shape index (κ2) is 10.5. The first-order valence-electron chi connectivity index (χ1n) is 14.3. The highest BCUT2D eigenvalue weighted by Crippen LogP contribution is 2.45. The molecular weight excluding hydrogens is 546 g/mol. The molecule has 5 aromatic rings. The van der Waals surface area contributed by atoms with Crippen LogP contribution in [0.2, 0.25) is 0 Å². The minimum Gasteiger partial charge on any atom is -0.330 e. The van der Waals surface area contributed by atoms with Crippen molar-refractivity contribution in [3.63, 3.8) is 0 Å². The van der Waals surface area contributed by atoms with Crippen LogP contribution in [0.4, 0.5) is 5.82 Å². The van der Waals surface area contributed by atoms with Crippen LogP contribution >= 0.6 is 0 Å². The number of fused-ring (bicyclic) bond motifs is 3. The molecule has 2 saturated heterocycles. The molecule has 12 nitrogen and oxygen atoms in total. The Kier molecular flexibility index (Phi) is 6.52. The lowest BCUT2D eigenvalue weighted by atomic mass is 9.85. The average molecular weight is 576 g/mol. The van der Waals surface area contributed by atoms with E-state index in [9.17, 15) is 14.4 Å². The summed E-state index contributed by atoms with van der Waals surface area (Å²) >= 11 is 0. The van der Waals surface area contributed by atoms with Crippen LogP contribution in [0.15, 0.2) is 61.2 Å². The van der Waals surface area contributed by atoms with Crippen LogP contribution in [-0.4, -0.2) is 69.3 Å². The number of nitrogens with one attached hydrogen (secondary N) is 2. The number of hydrogen-bond donors (Lipinski definition) is 2. The van der Waals surface area contributed by atoms with Gasteiger partial charge in [0.2, 0.25) is 11.7 Å². The molecule has 2 fully saturated rings. The van der Waals surface area contributed by atoms with E-state index in [1.54, 1.807) is 12.4 Å². The predicted molar refractivity (Wildman–Crippen MR) is 157 cm³/mol. The number of benzene rings is 1. The van der Waals surface area contributed by atoms with Crippen molar-refractivity contribution in [2.45, 2.75) is 57.5 Å². The van der Waals surface area contributed by atoms with Crippen molar-refractivity contribution in [2.24, 2.45) is 0 Å². The molecular formula is C31H29N9O3. The van der Waals surface area contributed by atoms with E-state index >= 15 is 0 Å². The van der Waals surface area contributed by atoms with E-state index in [-0.39, 0.29) is 41.4 Å². The van der Waals surface area contributed by atoms with Crippen molar-refractivity contribution in [3.05, 3.63) is 78.3 Å². The number of carbonyl (C=O) groups is 3. The van der Waals surface area contributed by atoms with Crippen LogP contribution in [0, 0.1) is 0 Å². The van der Waals surface area contributed by atoms with Crippen molar-refractivity contribution in [3.8, 4) is 22.4 Å². The number of aromatic nitrogens is 7. The minimum atomic E-state index is -0.320. The zero-order valence-corrected chi connectivity index (χ0v) is 23.7. The van der Waals surface area contributed by atoms with Crippen molar-refractivity contribution in [1.82, 2.24) is 39.7 Å². The molecule has 0 spiro atoms. The molecule has 0 unspecified atom stereocenters. The number of anilines is 1. The number of nitrogens with zero attached hydrogens (tertiary/aromatic N) is 7. The van der Waals surface area contributed by atoms with Crippen molar-refractivity contribution >= 4 is 29.1 Å². The number of ketones is 1. The van der Waals surface area contributed by atoms with Gasteiger partial charge in [-0.1, -0.05) is 36.4 Å². The second-order valence-corrected chi connectivity index (χ2v) is 11.2. The molecule has 12 heteroatoms. The van der Waals surface area contributed by atoms with Gasteiger partial charge in [0, 0.05) is 47.8 Å². The van der Waals surface area contributed by atoms with E-state index in [4.69, 9.17) is 4.98 Å². The predicted octanol–water partition coefficient (Wildman–Crippen LogP) is 4.29. The van der Waals surface area contributed by atoms with Gasteiger partial charge in [0.05, 0.1) is 23.1 Å². The Balaban J connectivity index is 1.31. The first kappa shape index (κ1) is 26.6. The van der Waals surface area contributed by atoms with E-state index in [1.165, 1.54) is 24.7 Å². The third-order valence-electron chi connectivity index (χ3n) is 8.44. The summed E-state index contributed by atoms with van der Waals surface area (Å²) in [6, 6.07) is 13.8. The van der Waals surface area contributed by atoms with E-state index < -0.39 is 0 Å². The van der Waals surface area contributed by atoms with Gasteiger partial charge in [-0.2, -0.15) is 9.61 Å². The summed E-state index contributed by atoms with van der Waals surface area (Å²) in [5, 5.41) is 15.1. The maximum absolute atomic E-state index is 13.2. The fraction of sp³-hybridized carbons (Fsp3) is 0.290. The Bertz CT molecular complexity index is 1840. The Morgan fingerprint density at radius 2 is 1.72 bits per heavy atom. The Morgan fingerprint density at radius 3 is 2.35 bits per heavy atom. The minimum absolute atomic E-state index is 0.0255.